The average Bonchev–Trinajstić information content (AvgIpc) is 2.54. The maximum Gasteiger partial charge on any atom is 0.389 e. The van der Waals surface area contributed by atoms with Crippen molar-refractivity contribution in [2.24, 2.45) is 0 Å². The molecule has 0 heterocycles. The highest BCUT2D eigenvalue weighted by Gasteiger charge is 2.65. The van der Waals surface area contributed by atoms with Crippen LogP contribution >= 0.6 is 0 Å². The first-order valence-corrected chi connectivity index (χ1v) is 7.19. The van der Waals surface area contributed by atoms with Gasteiger partial charge in [-0.1, -0.05) is 13.3 Å². The Labute approximate surface area is 132 Å². The lowest BCUT2D eigenvalue weighted by molar-refractivity contribution is -0.277. The van der Waals surface area contributed by atoms with Gasteiger partial charge < -0.3 is 4.74 Å². The molecule has 2 rings (SSSR count). The van der Waals surface area contributed by atoms with E-state index in [4.69, 9.17) is 0 Å². The van der Waals surface area contributed by atoms with E-state index in [-0.39, 0.29) is 12.0 Å². The Morgan fingerprint density at radius 2 is 1.50 bits per heavy atom. The molecule has 1 fully saturated rings. The molecule has 0 unspecified atom stereocenters. The minimum Gasteiger partial charge on any atom is -0.313 e. The molecule has 0 amide bonds. The van der Waals surface area contributed by atoms with Gasteiger partial charge in [-0.25, -0.2) is 8.78 Å². The van der Waals surface area contributed by atoms with Crippen molar-refractivity contribution in [1.82, 2.24) is 0 Å². The molecule has 9 heteroatoms. The normalized spacial score (nSPS) is 20.5. The summed E-state index contributed by atoms with van der Waals surface area (Å²) in [6.45, 7) is 1.71. The van der Waals surface area contributed by atoms with E-state index in [1.54, 1.807) is 6.92 Å². The molecule has 1 aromatic rings. The van der Waals surface area contributed by atoms with E-state index in [0.717, 1.165) is 0 Å². The standard InChI is InChI=1S/C15H14F8O/c1-2-3-8-4-10(16)12(11(17)5-8)15(22,23)24-9-6-13(18,19)14(20,21)7-9/h4-5,9H,2-3,6-7H2,1H3. The van der Waals surface area contributed by atoms with Crippen molar-refractivity contribution >= 4 is 0 Å². The second-order valence-electron chi connectivity index (χ2n) is 5.76. The molecule has 24 heavy (non-hydrogen) atoms. The summed E-state index contributed by atoms with van der Waals surface area (Å²) in [5.74, 6) is -12.3. The zero-order valence-electron chi connectivity index (χ0n) is 12.5. The molecule has 0 spiro atoms. The molecular weight excluding hydrogens is 348 g/mol. The fourth-order valence-corrected chi connectivity index (χ4v) is 2.63. The van der Waals surface area contributed by atoms with Gasteiger partial charge >= 0.3 is 18.0 Å². The molecule has 1 aromatic carbocycles. The molecule has 1 saturated carbocycles. The number of aryl methyl sites for hydroxylation is 1. The highest BCUT2D eigenvalue weighted by molar-refractivity contribution is 5.28. The van der Waals surface area contributed by atoms with Gasteiger partial charge in [-0.3, -0.25) is 0 Å². The summed E-state index contributed by atoms with van der Waals surface area (Å²) in [5, 5.41) is 0. The fraction of sp³-hybridized carbons (Fsp3) is 0.600. The number of hydrogen-bond donors (Lipinski definition) is 0. The monoisotopic (exact) mass is 362 g/mol. The van der Waals surface area contributed by atoms with Crippen LogP contribution in [0.2, 0.25) is 0 Å². The van der Waals surface area contributed by atoms with Crippen molar-refractivity contribution in [3.8, 4) is 0 Å². The minimum absolute atomic E-state index is 0.131. The SMILES string of the molecule is CCCc1cc(F)c(C(F)(F)OC2CC(F)(F)C(F)(F)C2)c(F)c1. The summed E-state index contributed by atoms with van der Waals surface area (Å²) in [4.78, 5) is 0. The first-order valence-electron chi connectivity index (χ1n) is 7.19. The highest BCUT2D eigenvalue weighted by Crippen LogP contribution is 2.50. The number of rotatable bonds is 5. The molecule has 136 valence electrons. The Morgan fingerprint density at radius 3 is 1.92 bits per heavy atom. The largest absolute Gasteiger partial charge is 0.389 e. The van der Waals surface area contributed by atoms with E-state index in [0.29, 0.717) is 18.6 Å². The lowest BCUT2D eigenvalue weighted by Crippen LogP contribution is -2.33. The third-order valence-electron chi connectivity index (χ3n) is 3.75. The minimum atomic E-state index is -4.65. The Morgan fingerprint density at radius 1 is 1.04 bits per heavy atom. The number of ether oxygens (including phenoxy) is 1. The number of benzene rings is 1. The van der Waals surface area contributed by atoms with Crippen LogP contribution in [-0.2, 0) is 17.3 Å². The van der Waals surface area contributed by atoms with Crippen LogP contribution in [0.3, 0.4) is 0 Å². The second kappa shape index (κ2) is 6.16. The molecule has 0 aromatic heterocycles. The average molecular weight is 362 g/mol. The lowest BCUT2D eigenvalue weighted by Gasteiger charge is -2.22. The smallest absolute Gasteiger partial charge is 0.313 e. The first kappa shape index (κ1) is 19.0. The number of hydrogen-bond acceptors (Lipinski definition) is 1. The van der Waals surface area contributed by atoms with E-state index >= 15 is 0 Å². The summed E-state index contributed by atoms with van der Waals surface area (Å²) in [6, 6.07) is 1.36. The van der Waals surface area contributed by atoms with Crippen LogP contribution in [0.5, 0.6) is 0 Å². The number of alkyl halides is 6. The second-order valence-corrected chi connectivity index (χ2v) is 5.76. The van der Waals surface area contributed by atoms with Gasteiger partial charge in [0, 0.05) is 12.8 Å². The van der Waals surface area contributed by atoms with Gasteiger partial charge in [0.1, 0.15) is 17.2 Å². The molecule has 0 radical (unpaired) electrons. The van der Waals surface area contributed by atoms with Gasteiger partial charge in [-0.15, -0.1) is 0 Å². The van der Waals surface area contributed by atoms with Crippen LogP contribution in [0.25, 0.3) is 0 Å². The summed E-state index contributed by atoms with van der Waals surface area (Å²) in [5.41, 5.74) is -1.65. The van der Waals surface area contributed by atoms with Crippen LogP contribution < -0.4 is 0 Å². The van der Waals surface area contributed by atoms with Crippen molar-refractivity contribution < 1.29 is 39.9 Å². The van der Waals surface area contributed by atoms with E-state index in [1.165, 1.54) is 0 Å². The highest BCUT2D eigenvalue weighted by atomic mass is 19.3. The third-order valence-corrected chi connectivity index (χ3v) is 3.75. The number of halogens is 8. The molecular formula is C15H14F8O. The Balaban J connectivity index is 2.25. The zero-order valence-corrected chi connectivity index (χ0v) is 12.5. The first-order chi connectivity index (χ1) is 10.9. The quantitative estimate of drug-likeness (QED) is 0.636. The van der Waals surface area contributed by atoms with Crippen molar-refractivity contribution in [2.45, 2.75) is 56.7 Å². The summed E-state index contributed by atoms with van der Waals surface area (Å²) in [6.07, 6.45) is -9.46. The van der Waals surface area contributed by atoms with Crippen molar-refractivity contribution in [2.75, 3.05) is 0 Å². The predicted molar refractivity (Wildman–Crippen MR) is 68.2 cm³/mol. The summed E-state index contributed by atoms with van der Waals surface area (Å²) in [7, 11) is 0. The van der Waals surface area contributed by atoms with E-state index in [2.05, 4.69) is 4.74 Å². The molecule has 0 N–H and O–H groups in total. The fourth-order valence-electron chi connectivity index (χ4n) is 2.63. The molecule has 0 bridgehead atoms. The third kappa shape index (κ3) is 3.50. The molecule has 1 aliphatic carbocycles. The van der Waals surface area contributed by atoms with E-state index in [9.17, 15) is 35.1 Å². The summed E-state index contributed by atoms with van der Waals surface area (Å²) >= 11 is 0. The van der Waals surface area contributed by atoms with Gasteiger partial charge in [-0.2, -0.15) is 26.3 Å². The van der Waals surface area contributed by atoms with Crippen LogP contribution in [0.1, 0.15) is 37.3 Å². The Kier molecular flexibility index (Phi) is 4.87. The van der Waals surface area contributed by atoms with E-state index < -0.39 is 54.1 Å². The maximum atomic E-state index is 14.0. The van der Waals surface area contributed by atoms with Crippen molar-refractivity contribution in [1.29, 1.82) is 0 Å². The van der Waals surface area contributed by atoms with Crippen LogP contribution in [0.4, 0.5) is 35.1 Å². The van der Waals surface area contributed by atoms with Gasteiger partial charge in [-0.05, 0) is 24.1 Å². The van der Waals surface area contributed by atoms with Crippen molar-refractivity contribution in [3.05, 3.63) is 34.9 Å². The molecule has 0 atom stereocenters. The van der Waals surface area contributed by atoms with Crippen LogP contribution in [0, 0.1) is 11.6 Å². The Hall–Kier alpha value is -1.38. The van der Waals surface area contributed by atoms with Gasteiger partial charge in [0.2, 0.25) is 0 Å². The molecule has 1 nitrogen and oxygen atoms in total. The molecule has 0 aliphatic heterocycles. The van der Waals surface area contributed by atoms with Crippen LogP contribution in [-0.4, -0.2) is 17.9 Å². The van der Waals surface area contributed by atoms with Gasteiger partial charge in [0.15, 0.2) is 0 Å². The lowest BCUT2D eigenvalue weighted by atomic mass is 10.1. The van der Waals surface area contributed by atoms with Gasteiger partial charge in [0.05, 0.1) is 6.10 Å². The Bertz CT molecular complexity index is 574. The zero-order chi connectivity index (χ0) is 18.3. The molecule has 0 saturated heterocycles. The van der Waals surface area contributed by atoms with Crippen molar-refractivity contribution in [3.63, 3.8) is 0 Å². The summed E-state index contributed by atoms with van der Waals surface area (Å²) < 4.78 is 112. The van der Waals surface area contributed by atoms with Crippen LogP contribution in [0.15, 0.2) is 12.1 Å². The van der Waals surface area contributed by atoms with E-state index in [1.807, 2.05) is 0 Å². The van der Waals surface area contributed by atoms with Gasteiger partial charge in [0.25, 0.3) is 0 Å². The maximum absolute atomic E-state index is 14.0. The molecule has 1 aliphatic rings. The predicted octanol–water partition coefficient (Wildman–Crippen LogP) is 5.42. The topological polar surface area (TPSA) is 9.23 Å².